The number of aromatic amines is 2. The predicted octanol–water partition coefficient (Wildman–Crippen LogP) is 6.18. The average Bonchev–Trinajstić information content (AvgIpc) is 3.44. The van der Waals surface area contributed by atoms with Crippen LogP contribution in [0.5, 0.6) is 5.75 Å². The van der Waals surface area contributed by atoms with Gasteiger partial charge in [-0.25, -0.2) is 9.97 Å². The summed E-state index contributed by atoms with van der Waals surface area (Å²) in [5, 5.41) is 2.39. The van der Waals surface area contributed by atoms with E-state index in [1.165, 1.54) is 21.9 Å². The molecule has 2 aromatic heterocycles. The van der Waals surface area contributed by atoms with E-state index >= 15 is 0 Å². The van der Waals surface area contributed by atoms with E-state index in [1.807, 2.05) is 6.20 Å². The Labute approximate surface area is 180 Å². The maximum atomic E-state index is 6.19. The lowest BCUT2D eigenvalue weighted by Gasteiger charge is -2.22. The predicted molar refractivity (Wildman–Crippen MR) is 124 cm³/mol. The molecule has 0 saturated heterocycles. The quantitative estimate of drug-likeness (QED) is 0.373. The van der Waals surface area contributed by atoms with Gasteiger partial charge in [-0.3, -0.25) is 0 Å². The summed E-state index contributed by atoms with van der Waals surface area (Å²) in [6.45, 7) is 4.84. The molecule has 5 heteroatoms. The van der Waals surface area contributed by atoms with Crippen LogP contribution in [0.4, 0.5) is 0 Å². The number of imidazole rings is 2. The minimum Gasteiger partial charge on any atom is -0.488 e. The van der Waals surface area contributed by atoms with Crippen LogP contribution < -0.4 is 4.74 Å². The van der Waals surface area contributed by atoms with Crippen molar-refractivity contribution in [3.63, 3.8) is 0 Å². The fourth-order valence-corrected chi connectivity index (χ4v) is 4.54. The van der Waals surface area contributed by atoms with E-state index in [2.05, 4.69) is 71.3 Å². The van der Waals surface area contributed by atoms with E-state index in [0.717, 1.165) is 64.5 Å². The molecule has 5 nitrogen and oxygen atoms in total. The van der Waals surface area contributed by atoms with Crippen LogP contribution in [0.3, 0.4) is 0 Å². The first-order valence-corrected chi connectivity index (χ1v) is 11.0. The van der Waals surface area contributed by atoms with Crippen LogP contribution in [0.15, 0.2) is 48.7 Å². The van der Waals surface area contributed by atoms with Crippen molar-refractivity contribution in [1.82, 2.24) is 19.9 Å². The standard InChI is InChI=1S/C26H24N4O/c1-3-5-25-28-21-9-7-15-10-19-17(11-20(15)26(21)30-25)14-31-23-12-16(6-8-18(19)23)22-13-27-24(4-2)29-22/h6-13H,3-5,14H2,1-2H3,(H,27,29)(H,28,30). The molecule has 2 N–H and O–H groups in total. The normalized spacial score (nSPS) is 12.7. The van der Waals surface area contributed by atoms with Crippen LogP contribution in [0.2, 0.25) is 0 Å². The van der Waals surface area contributed by atoms with Gasteiger partial charge in [-0.1, -0.05) is 26.0 Å². The first kappa shape index (κ1) is 18.2. The number of hydrogen-bond acceptors (Lipinski definition) is 3. The highest BCUT2D eigenvalue weighted by molar-refractivity contribution is 6.06. The van der Waals surface area contributed by atoms with Crippen LogP contribution in [0, 0.1) is 0 Å². The van der Waals surface area contributed by atoms with Crippen molar-refractivity contribution in [2.45, 2.75) is 39.7 Å². The smallest absolute Gasteiger partial charge is 0.128 e. The number of H-pyrrole nitrogens is 2. The molecule has 1 aliphatic heterocycles. The molecule has 1 aliphatic rings. The van der Waals surface area contributed by atoms with Gasteiger partial charge in [-0.15, -0.1) is 0 Å². The van der Waals surface area contributed by atoms with E-state index in [4.69, 9.17) is 9.72 Å². The van der Waals surface area contributed by atoms with Gasteiger partial charge in [0.25, 0.3) is 0 Å². The molecule has 154 valence electrons. The van der Waals surface area contributed by atoms with Gasteiger partial charge in [0.05, 0.1) is 22.9 Å². The molecule has 0 radical (unpaired) electrons. The second-order valence-electron chi connectivity index (χ2n) is 8.22. The molecule has 0 atom stereocenters. The van der Waals surface area contributed by atoms with Gasteiger partial charge in [0.2, 0.25) is 0 Å². The number of fused-ring (bicyclic) bond motifs is 6. The Balaban J connectivity index is 1.46. The van der Waals surface area contributed by atoms with Gasteiger partial charge in [0.1, 0.15) is 24.0 Å². The third-order valence-corrected chi connectivity index (χ3v) is 6.16. The van der Waals surface area contributed by atoms with Crippen LogP contribution in [0.1, 0.15) is 37.5 Å². The van der Waals surface area contributed by atoms with E-state index in [0.29, 0.717) is 6.61 Å². The number of hydrogen-bond donors (Lipinski definition) is 2. The van der Waals surface area contributed by atoms with Crippen LogP contribution in [-0.2, 0) is 19.4 Å². The second-order valence-corrected chi connectivity index (χ2v) is 8.22. The van der Waals surface area contributed by atoms with Gasteiger partial charge >= 0.3 is 0 Å². The molecule has 3 aromatic carbocycles. The van der Waals surface area contributed by atoms with Crippen molar-refractivity contribution in [2.75, 3.05) is 0 Å². The van der Waals surface area contributed by atoms with E-state index in [1.54, 1.807) is 0 Å². The molecular formula is C26H24N4O. The molecule has 31 heavy (non-hydrogen) atoms. The lowest BCUT2D eigenvalue weighted by atomic mass is 9.92. The minimum absolute atomic E-state index is 0.563. The lowest BCUT2D eigenvalue weighted by Crippen LogP contribution is -2.05. The van der Waals surface area contributed by atoms with Crippen molar-refractivity contribution in [1.29, 1.82) is 0 Å². The van der Waals surface area contributed by atoms with Crippen LogP contribution in [0.25, 0.3) is 44.2 Å². The van der Waals surface area contributed by atoms with Crippen molar-refractivity contribution < 1.29 is 4.74 Å². The summed E-state index contributed by atoms with van der Waals surface area (Å²) in [5.41, 5.74) is 7.85. The zero-order valence-electron chi connectivity index (χ0n) is 17.7. The Bertz CT molecular complexity index is 1440. The molecule has 0 fully saturated rings. The molecule has 0 amide bonds. The lowest BCUT2D eigenvalue weighted by molar-refractivity contribution is 0.302. The summed E-state index contributed by atoms with van der Waals surface area (Å²) < 4.78 is 6.19. The zero-order valence-corrected chi connectivity index (χ0v) is 17.7. The number of nitrogens with one attached hydrogen (secondary N) is 2. The summed E-state index contributed by atoms with van der Waals surface area (Å²) in [6, 6.07) is 15.3. The number of ether oxygens (including phenoxy) is 1. The van der Waals surface area contributed by atoms with E-state index < -0.39 is 0 Å². The fourth-order valence-electron chi connectivity index (χ4n) is 4.54. The summed E-state index contributed by atoms with van der Waals surface area (Å²) in [6.07, 6.45) is 4.84. The topological polar surface area (TPSA) is 66.6 Å². The fraction of sp³-hybridized carbons (Fsp3) is 0.231. The number of aryl methyl sites for hydroxylation is 2. The molecule has 3 heterocycles. The Morgan fingerprint density at radius 1 is 0.968 bits per heavy atom. The number of benzene rings is 3. The molecule has 0 unspecified atom stereocenters. The van der Waals surface area contributed by atoms with Crippen molar-refractivity contribution in [3.05, 3.63) is 65.9 Å². The highest BCUT2D eigenvalue weighted by Crippen LogP contribution is 2.42. The Morgan fingerprint density at radius 3 is 2.74 bits per heavy atom. The van der Waals surface area contributed by atoms with Gasteiger partial charge in [0.15, 0.2) is 0 Å². The van der Waals surface area contributed by atoms with E-state index in [-0.39, 0.29) is 0 Å². The second kappa shape index (κ2) is 6.98. The summed E-state index contributed by atoms with van der Waals surface area (Å²) in [7, 11) is 0. The third kappa shape index (κ3) is 2.92. The van der Waals surface area contributed by atoms with Crippen molar-refractivity contribution >= 4 is 21.8 Å². The molecule has 0 saturated carbocycles. The Kier molecular flexibility index (Phi) is 4.10. The van der Waals surface area contributed by atoms with E-state index in [9.17, 15) is 0 Å². The number of rotatable bonds is 4. The first-order valence-electron chi connectivity index (χ1n) is 11.0. The highest BCUT2D eigenvalue weighted by atomic mass is 16.5. The van der Waals surface area contributed by atoms with Gasteiger partial charge in [-0.2, -0.15) is 0 Å². The SMILES string of the molecule is CCCc1nc2c(ccc3cc4c(cc32)COc2cc(-c3cnc(CC)[nH]3)ccc2-4)[nH]1. The summed E-state index contributed by atoms with van der Waals surface area (Å²) >= 11 is 0. The summed E-state index contributed by atoms with van der Waals surface area (Å²) in [4.78, 5) is 16.1. The third-order valence-electron chi connectivity index (χ3n) is 6.16. The van der Waals surface area contributed by atoms with Gasteiger partial charge < -0.3 is 14.7 Å². The number of aromatic nitrogens is 4. The van der Waals surface area contributed by atoms with Gasteiger partial charge in [0, 0.05) is 29.4 Å². The molecule has 0 spiro atoms. The Morgan fingerprint density at radius 2 is 1.90 bits per heavy atom. The van der Waals surface area contributed by atoms with Gasteiger partial charge in [-0.05, 0) is 53.3 Å². The van der Waals surface area contributed by atoms with Crippen molar-refractivity contribution in [2.24, 2.45) is 0 Å². The summed E-state index contributed by atoms with van der Waals surface area (Å²) in [5.74, 6) is 2.97. The van der Waals surface area contributed by atoms with Crippen molar-refractivity contribution in [3.8, 4) is 28.1 Å². The largest absolute Gasteiger partial charge is 0.488 e. The monoisotopic (exact) mass is 408 g/mol. The maximum absolute atomic E-state index is 6.19. The first-order chi connectivity index (χ1) is 15.2. The zero-order chi connectivity index (χ0) is 20.9. The minimum atomic E-state index is 0.563. The molecule has 5 aromatic rings. The Hall–Kier alpha value is -3.60. The molecule has 6 rings (SSSR count). The molecular weight excluding hydrogens is 384 g/mol. The van der Waals surface area contributed by atoms with Crippen LogP contribution >= 0.6 is 0 Å². The highest BCUT2D eigenvalue weighted by Gasteiger charge is 2.20. The van der Waals surface area contributed by atoms with Crippen LogP contribution in [-0.4, -0.2) is 19.9 Å². The molecule has 0 bridgehead atoms. The maximum Gasteiger partial charge on any atom is 0.128 e. The number of nitrogens with zero attached hydrogens (tertiary/aromatic N) is 2. The molecule has 0 aliphatic carbocycles. The average molecular weight is 409 g/mol.